The van der Waals surface area contributed by atoms with Crippen molar-refractivity contribution in [3.05, 3.63) is 21.9 Å². The van der Waals surface area contributed by atoms with Crippen LogP contribution < -0.4 is 9.47 Å². The highest BCUT2D eigenvalue weighted by atomic mass is 16.6. The molecule has 14 heavy (non-hydrogen) atoms. The molecule has 1 aromatic rings. The second-order valence-corrected chi connectivity index (χ2v) is 2.58. The van der Waals surface area contributed by atoms with Gasteiger partial charge in [-0.1, -0.05) is 0 Å². The van der Waals surface area contributed by atoms with Crippen LogP contribution in [0.5, 0.6) is 11.6 Å². The zero-order valence-electron chi connectivity index (χ0n) is 8.10. The summed E-state index contributed by atoms with van der Waals surface area (Å²) in [6.07, 6.45) is 0. The van der Waals surface area contributed by atoms with E-state index in [1.807, 2.05) is 0 Å². The van der Waals surface area contributed by atoms with Crippen molar-refractivity contribution >= 4 is 5.69 Å². The van der Waals surface area contributed by atoms with Crippen molar-refractivity contribution < 1.29 is 14.4 Å². The van der Waals surface area contributed by atoms with E-state index in [0.29, 0.717) is 5.69 Å². The maximum Gasteiger partial charge on any atom is 0.372 e. The summed E-state index contributed by atoms with van der Waals surface area (Å²) in [7, 11) is 2.69. The maximum atomic E-state index is 10.7. The highest BCUT2D eigenvalue weighted by molar-refractivity contribution is 5.54. The lowest BCUT2D eigenvalue weighted by molar-refractivity contribution is -0.387. The smallest absolute Gasteiger partial charge is 0.372 e. The Hall–Kier alpha value is -1.85. The first-order valence-corrected chi connectivity index (χ1v) is 3.84. The third-order valence-electron chi connectivity index (χ3n) is 1.65. The van der Waals surface area contributed by atoms with Gasteiger partial charge in [-0.2, -0.15) is 0 Å². The number of nitro groups is 1. The molecule has 6 nitrogen and oxygen atoms in total. The van der Waals surface area contributed by atoms with Gasteiger partial charge >= 0.3 is 5.69 Å². The van der Waals surface area contributed by atoms with E-state index in [0.717, 1.165) is 0 Å². The summed E-state index contributed by atoms with van der Waals surface area (Å²) in [6, 6.07) is 1.49. The zero-order valence-corrected chi connectivity index (χ0v) is 8.10. The minimum absolute atomic E-state index is 0.0353. The highest BCUT2D eigenvalue weighted by Gasteiger charge is 2.23. The van der Waals surface area contributed by atoms with Crippen molar-refractivity contribution in [2.75, 3.05) is 14.2 Å². The lowest BCUT2D eigenvalue weighted by atomic mass is 10.3. The van der Waals surface area contributed by atoms with Gasteiger partial charge in [0.15, 0.2) is 0 Å². The Labute approximate surface area is 80.6 Å². The minimum atomic E-state index is -0.579. The molecule has 0 saturated heterocycles. The van der Waals surface area contributed by atoms with Crippen LogP contribution in [0.4, 0.5) is 5.69 Å². The molecule has 0 aromatic carbocycles. The summed E-state index contributed by atoms with van der Waals surface area (Å²) in [6.45, 7) is 1.70. The van der Waals surface area contributed by atoms with E-state index in [1.165, 1.54) is 20.3 Å². The molecule has 0 fully saturated rings. The quantitative estimate of drug-likeness (QED) is 0.540. The number of hydrogen-bond acceptors (Lipinski definition) is 5. The van der Waals surface area contributed by atoms with Gasteiger partial charge < -0.3 is 9.47 Å². The Morgan fingerprint density at radius 2 is 2.07 bits per heavy atom. The van der Waals surface area contributed by atoms with Crippen LogP contribution in [0.25, 0.3) is 0 Å². The van der Waals surface area contributed by atoms with E-state index in [-0.39, 0.29) is 17.3 Å². The first-order valence-electron chi connectivity index (χ1n) is 3.84. The van der Waals surface area contributed by atoms with E-state index in [2.05, 4.69) is 4.98 Å². The van der Waals surface area contributed by atoms with Gasteiger partial charge in [0, 0.05) is 11.8 Å². The number of pyridine rings is 1. The SMILES string of the molecule is COc1cc(C)nc(OC)c1[N+](=O)[O-]. The average Bonchev–Trinajstić information content (AvgIpc) is 2.15. The van der Waals surface area contributed by atoms with Gasteiger partial charge in [-0.25, -0.2) is 4.98 Å². The molecule has 0 aliphatic rings. The predicted molar refractivity (Wildman–Crippen MR) is 48.7 cm³/mol. The molecule has 0 unspecified atom stereocenters. The highest BCUT2D eigenvalue weighted by Crippen LogP contribution is 2.35. The molecule has 0 aliphatic carbocycles. The fraction of sp³-hybridized carbons (Fsp3) is 0.375. The Bertz CT molecular complexity index is 339. The largest absolute Gasteiger partial charge is 0.490 e. The molecule has 1 heterocycles. The molecule has 1 aromatic heterocycles. The van der Waals surface area contributed by atoms with Gasteiger partial charge in [-0.05, 0) is 6.92 Å². The number of aryl methyl sites for hydroxylation is 1. The van der Waals surface area contributed by atoms with Crippen molar-refractivity contribution in [2.45, 2.75) is 6.92 Å². The van der Waals surface area contributed by atoms with Gasteiger partial charge in [0.1, 0.15) is 0 Å². The van der Waals surface area contributed by atoms with Crippen LogP contribution in [0.2, 0.25) is 0 Å². The molecule has 6 heteroatoms. The first-order chi connectivity index (χ1) is 6.60. The van der Waals surface area contributed by atoms with E-state index in [4.69, 9.17) is 9.47 Å². The minimum Gasteiger partial charge on any atom is -0.490 e. The van der Waals surface area contributed by atoms with Crippen LogP contribution in [0.1, 0.15) is 5.69 Å². The monoisotopic (exact) mass is 198 g/mol. The molecule has 76 valence electrons. The maximum absolute atomic E-state index is 10.7. The standard InChI is InChI=1S/C8H10N2O4/c1-5-4-6(13-2)7(10(11)12)8(9-5)14-3/h4H,1-3H3. The fourth-order valence-corrected chi connectivity index (χ4v) is 1.07. The summed E-state index contributed by atoms with van der Waals surface area (Å²) in [4.78, 5) is 14.0. The molecular formula is C8H10N2O4. The Balaban J connectivity index is 3.40. The van der Waals surface area contributed by atoms with Gasteiger partial charge in [0.05, 0.1) is 19.1 Å². The number of ether oxygens (including phenoxy) is 2. The number of rotatable bonds is 3. The second kappa shape index (κ2) is 3.91. The molecule has 0 bridgehead atoms. The van der Waals surface area contributed by atoms with E-state index >= 15 is 0 Å². The number of methoxy groups -OCH3 is 2. The number of nitrogens with zero attached hydrogens (tertiary/aromatic N) is 2. The van der Waals surface area contributed by atoms with Crippen molar-refractivity contribution in [2.24, 2.45) is 0 Å². The van der Waals surface area contributed by atoms with Crippen LogP contribution in [0.15, 0.2) is 6.07 Å². The summed E-state index contributed by atoms with van der Waals surface area (Å²) in [5.41, 5.74) is 0.352. The van der Waals surface area contributed by atoms with E-state index < -0.39 is 4.92 Å². The van der Waals surface area contributed by atoms with Crippen LogP contribution in [-0.2, 0) is 0 Å². The molecule has 0 atom stereocenters. The summed E-state index contributed by atoms with van der Waals surface area (Å²) >= 11 is 0. The summed E-state index contributed by atoms with van der Waals surface area (Å²) < 4.78 is 9.67. The van der Waals surface area contributed by atoms with Gasteiger partial charge in [0.2, 0.25) is 5.75 Å². The Morgan fingerprint density at radius 1 is 1.43 bits per heavy atom. The predicted octanol–water partition coefficient (Wildman–Crippen LogP) is 1.32. The number of hydrogen-bond donors (Lipinski definition) is 0. The van der Waals surface area contributed by atoms with Crippen LogP contribution in [-0.4, -0.2) is 24.1 Å². The molecule has 0 aliphatic heterocycles. The molecule has 0 saturated carbocycles. The first kappa shape index (κ1) is 10.2. The van der Waals surface area contributed by atoms with E-state index in [9.17, 15) is 10.1 Å². The fourth-order valence-electron chi connectivity index (χ4n) is 1.07. The summed E-state index contributed by atoms with van der Waals surface area (Å²) in [5, 5.41) is 10.7. The van der Waals surface area contributed by atoms with Crippen molar-refractivity contribution in [1.82, 2.24) is 4.98 Å². The Kier molecular flexibility index (Phi) is 2.85. The molecule has 0 spiro atoms. The number of aromatic nitrogens is 1. The zero-order chi connectivity index (χ0) is 10.7. The molecular weight excluding hydrogens is 188 g/mol. The molecule has 0 radical (unpaired) electrons. The molecule has 0 amide bonds. The average molecular weight is 198 g/mol. The van der Waals surface area contributed by atoms with Crippen LogP contribution in [0, 0.1) is 17.0 Å². The van der Waals surface area contributed by atoms with Crippen LogP contribution in [0.3, 0.4) is 0 Å². The summed E-state index contributed by atoms with van der Waals surface area (Å²) in [5.74, 6) is 0.117. The van der Waals surface area contributed by atoms with Crippen molar-refractivity contribution in [1.29, 1.82) is 0 Å². The van der Waals surface area contributed by atoms with Gasteiger partial charge in [-0.15, -0.1) is 0 Å². The van der Waals surface area contributed by atoms with Gasteiger partial charge in [0.25, 0.3) is 5.88 Å². The third-order valence-corrected chi connectivity index (χ3v) is 1.65. The Morgan fingerprint density at radius 3 is 2.50 bits per heavy atom. The van der Waals surface area contributed by atoms with Gasteiger partial charge in [-0.3, -0.25) is 10.1 Å². The second-order valence-electron chi connectivity index (χ2n) is 2.58. The topological polar surface area (TPSA) is 74.5 Å². The molecule has 0 N–H and O–H groups in total. The normalized spacial score (nSPS) is 9.64. The van der Waals surface area contributed by atoms with E-state index in [1.54, 1.807) is 6.92 Å². The lowest BCUT2D eigenvalue weighted by Gasteiger charge is -2.05. The lowest BCUT2D eigenvalue weighted by Crippen LogP contribution is -2.00. The van der Waals surface area contributed by atoms with Crippen molar-refractivity contribution in [3.63, 3.8) is 0 Å². The van der Waals surface area contributed by atoms with Crippen molar-refractivity contribution in [3.8, 4) is 11.6 Å². The molecule has 1 rings (SSSR count). The van der Waals surface area contributed by atoms with Crippen LogP contribution >= 0.6 is 0 Å². The third kappa shape index (κ3) is 1.73.